The van der Waals surface area contributed by atoms with Gasteiger partial charge in [0.25, 0.3) is 0 Å². The molecule has 2 rings (SSSR count). The van der Waals surface area contributed by atoms with Gasteiger partial charge in [0.2, 0.25) is 5.91 Å². The Labute approximate surface area is 147 Å². The average Bonchev–Trinajstić information content (AvgIpc) is 2.99. The minimum atomic E-state index is -0.0793. The highest BCUT2D eigenvalue weighted by atomic mass is 32.1. The van der Waals surface area contributed by atoms with Gasteiger partial charge in [0, 0.05) is 30.9 Å². The predicted molar refractivity (Wildman–Crippen MR) is 100 cm³/mol. The normalized spacial score (nSPS) is 28.5. The number of thiol groups is 1. The third-order valence-electron chi connectivity index (χ3n) is 5.57. The maximum Gasteiger partial charge on any atom is 0.237 e. The zero-order valence-electron chi connectivity index (χ0n) is 14.8. The number of amides is 1. The molecule has 0 spiro atoms. The lowest BCUT2D eigenvalue weighted by molar-refractivity contribution is -0.124. The van der Waals surface area contributed by atoms with Gasteiger partial charge < -0.3 is 16.0 Å². The Morgan fingerprint density at radius 3 is 2.61 bits per heavy atom. The fraction of sp³-hybridized carbons (Fsp3) is 0.944. The van der Waals surface area contributed by atoms with E-state index in [-0.39, 0.29) is 11.9 Å². The van der Waals surface area contributed by atoms with Gasteiger partial charge >= 0.3 is 0 Å². The number of carbonyl (C=O) groups excluding carboxylic acids is 1. The van der Waals surface area contributed by atoms with Crippen LogP contribution < -0.4 is 16.0 Å². The molecule has 2 aliphatic rings. The van der Waals surface area contributed by atoms with Gasteiger partial charge in [-0.1, -0.05) is 39.5 Å². The standard InChI is InChI=1S/C18H35N3OS/c1-3-13(2)17(20-11-15-9-16(23)12-19-15)18(22)21-10-14-7-5-4-6-8-14/h13-17,19-20,23H,3-12H2,1-2H3,(H,21,22)/t13-,15+,16+,17-/m0/s1. The summed E-state index contributed by atoms with van der Waals surface area (Å²) in [5.41, 5.74) is 0. The molecule has 4 atom stereocenters. The van der Waals surface area contributed by atoms with Crippen molar-refractivity contribution in [3.63, 3.8) is 0 Å². The zero-order valence-corrected chi connectivity index (χ0v) is 15.7. The van der Waals surface area contributed by atoms with Gasteiger partial charge in [-0.3, -0.25) is 4.79 Å². The van der Waals surface area contributed by atoms with Crippen LogP contribution >= 0.6 is 12.6 Å². The Hall–Kier alpha value is -0.260. The van der Waals surface area contributed by atoms with Crippen molar-refractivity contribution in [2.75, 3.05) is 19.6 Å². The van der Waals surface area contributed by atoms with Crippen LogP contribution in [0.25, 0.3) is 0 Å². The zero-order chi connectivity index (χ0) is 16.7. The van der Waals surface area contributed by atoms with Crippen molar-refractivity contribution >= 4 is 18.5 Å². The van der Waals surface area contributed by atoms with Crippen molar-refractivity contribution in [1.29, 1.82) is 0 Å². The van der Waals surface area contributed by atoms with Crippen molar-refractivity contribution in [3.05, 3.63) is 0 Å². The molecule has 2 fully saturated rings. The van der Waals surface area contributed by atoms with E-state index in [4.69, 9.17) is 0 Å². The van der Waals surface area contributed by atoms with E-state index in [0.29, 0.717) is 23.1 Å². The summed E-state index contributed by atoms with van der Waals surface area (Å²) in [5.74, 6) is 1.23. The van der Waals surface area contributed by atoms with Gasteiger partial charge in [0.1, 0.15) is 0 Å². The monoisotopic (exact) mass is 341 g/mol. The summed E-state index contributed by atoms with van der Waals surface area (Å²) < 4.78 is 0. The third-order valence-corrected chi connectivity index (χ3v) is 5.96. The van der Waals surface area contributed by atoms with E-state index in [1.54, 1.807) is 0 Å². The van der Waals surface area contributed by atoms with Crippen LogP contribution in [0.1, 0.15) is 58.8 Å². The Morgan fingerprint density at radius 2 is 2.00 bits per heavy atom. The molecule has 1 saturated carbocycles. The van der Waals surface area contributed by atoms with Crippen LogP contribution in [0.4, 0.5) is 0 Å². The lowest BCUT2D eigenvalue weighted by Gasteiger charge is -2.27. The van der Waals surface area contributed by atoms with E-state index in [2.05, 4.69) is 42.4 Å². The second-order valence-corrected chi connectivity index (χ2v) is 8.25. The summed E-state index contributed by atoms with van der Waals surface area (Å²) in [6, 6.07) is 0.361. The van der Waals surface area contributed by atoms with Crippen LogP contribution in [0.5, 0.6) is 0 Å². The molecule has 0 unspecified atom stereocenters. The molecule has 5 heteroatoms. The predicted octanol–water partition coefficient (Wildman–Crippen LogP) is 2.35. The first kappa shape index (κ1) is 19.1. The molecule has 0 aromatic heterocycles. The quantitative estimate of drug-likeness (QED) is 0.513. The van der Waals surface area contributed by atoms with Crippen LogP contribution in [0.3, 0.4) is 0 Å². The van der Waals surface area contributed by atoms with Gasteiger partial charge in [0.05, 0.1) is 6.04 Å². The fourth-order valence-corrected chi connectivity index (χ4v) is 4.12. The van der Waals surface area contributed by atoms with Crippen molar-refractivity contribution < 1.29 is 4.79 Å². The highest BCUT2D eigenvalue weighted by molar-refractivity contribution is 7.81. The summed E-state index contributed by atoms with van der Waals surface area (Å²) in [4.78, 5) is 12.6. The molecule has 0 aromatic rings. The molecule has 4 nitrogen and oxygen atoms in total. The van der Waals surface area contributed by atoms with Crippen LogP contribution in [-0.2, 0) is 4.79 Å². The van der Waals surface area contributed by atoms with E-state index < -0.39 is 0 Å². The highest BCUT2D eigenvalue weighted by Gasteiger charge is 2.27. The maximum atomic E-state index is 12.6. The first-order chi connectivity index (χ1) is 11.1. The lowest BCUT2D eigenvalue weighted by Crippen LogP contribution is -2.51. The lowest BCUT2D eigenvalue weighted by atomic mass is 9.89. The van der Waals surface area contributed by atoms with Gasteiger partial charge in [-0.2, -0.15) is 12.6 Å². The van der Waals surface area contributed by atoms with E-state index >= 15 is 0 Å². The molecule has 0 radical (unpaired) electrons. The molecule has 134 valence electrons. The second kappa shape index (κ2) is 9.90. The summed E-state index contributed by atoms with van der Waals surface area (Å²) in [6.45, 7) is 7.00. The Morgan fingerprint density at radius 1 is 1.26 bits per heavy atom. The number of rotatable bonds is 8. The maximum absolute atomic E-state index is 12.6. The summed E-state index contributed by atoms with van der Waals surface area (Å²) in [5, 5.41) is 10.6. The molecule has 0 bridgehead atoms. The molecule has 23 heavy (non-hydrogen) atoms. The first-order valence-corrected chi connectivity index (χ1v) is 10.0. The van der Waals surface area contributed by atoms with Crippen molar-refractivity contribution in [2.45, 2.75) is 76.1 Å². The smallest absolute Gasteiger partial charge is 0.237 e. The van der Waals surface area contributed by atoms with Gasteiger partial charge in [-0.25, -0.2) is 0 Å². The molecule has 3 N–H and O–H groups in total. The van der Waals surface area contributed by atoms with Crippen LogP contribution in [-0.4, -0.2) is 42.9 Å². The SMILES string of the molecule is CC[C@H](C)[C@H](NC[C@H]1C[C@@H](S)CN1)C(=O)NCC1CCCCC1. The molecule has 1 amide bonds. The fourth-order valence-electron chi connectivity index (χ4n) is 3.76. The highest BCUT2D eigenvalue weighted by Crippen LogP contribution is 2.23. The first-order valence-electron chi connectivity index (χ1n) is 9.52. The largest absolute Gasteiger partial charge is 0.354 e. The number of hydrogen-bond donors (Lipinski definition) is 4. The number of carbonyl (C=O) groups is 1. The van der Waals surface area contributed by atoms with E-state index in [9.17, 15) is 4.79 Å². The van der Waals surface area contributed by atoms with Crippen LogP contribution in [0.15, 0.2) is 0 Å². The molecule has 1 heterocycles. The van der Waals surface area contributed by atoms with Gasteiger partial charge in [-0.15, -0.1) is 0 Å². The van der Waals surface area contributed by atoms with Crippen molar-refractivity contribution in [2.24, 2.45) is 11.8 Å². The number of nitrogens with one attached hydrogen (secondary N) is 3. The second-order valence-electron chi connectivity index (χ2n) is 7.52. The van der Waals surface area contributed by atoms with Crippen LogP contribution in [0.2, 0.25) is 0 Å². The molecule has 1 aliphatic carbocycles. The van der Waals surface area contributed by atoms with Crippen molar-refractivity contribution in [3.8, 4) is 0 Å². The molecular formula is C18H35N3OS. The Bertz CT molecular complexity index is 360. The summed E-state index contributed by atoms with van der Waals surface area (Å²) >= 11 is 4.52. The summed E-state index contributed by atoms with van der Waals surface area (Å²) in [6.07, 6.45) is 8.66. The minimum Gasteiger partial charge on any atom is -0.354 e. The van der Waals surface area contributed by atoms with E-state index in [1.807, 2.05) is 0 Å². The molecular weight excluding hydrogens is 306 g/mol. The average molecular weight is 342 g/mol. The molecule has 0 aromatic carbocycles. The van der Waals surface area contributed by atoms with Gasteiger partial charge in [0.15, 0.2) is 0 Å². The minimum absolute atomic E-state index is 0.0793. The van der Waals surface area contributed by atoms with Crippen molar-refractivity contribution in [1.82, 2.24) is 16.0 Å². The summed E-state index contributed by atoms with van der Waals surface area (Å²) in [7, 11) is 0. The van der Waals surface area contributed by atoms with Crippen LogP contribution in [0, 0.1) is 11.8 Å². The topological polar surface area (TPSA) is 53.2 Å². The Kier molecular flexibility index (Phi) is 8.21. The van der Waals surface area contributed by atoms with Gasteiger partial charge in [-0.05, 0) is 31.1 Å². The van der Waals surface area contributed by atoms with E-state index in [0.717, 1.165) is 32.5 Å². The molecule has 1 aliphatic heterocycles. The molecule has 1 saturated heterocycles. The van der Waals surface area contributed by atoms with E-state index in [1.165, 1.54) is 32.1 Å². The number of hydrogen-bond acceptors (Lipinski definition) is 4. The Balaban J connectivity index is 1.77. The third kappa shape index (κ3) is 6.28.